The van der Waals surface area contributed by atoms with Gasteiger partial charge in [-0.25, -0.2) is 28.8 Å². The van der Waals surface area contributed by atoms with Gasteiger partial charge in [0.2, 0.25) is 16.0 Å². The number of anilines is 5. The van der Waals surface area contributed by atoms with E-state index < -0.39 is 15.9 Å². The molecule has 196 valence electrons. The number of sulfonamides is 1. The number of rotatable bonds is 10. The highest BCUT2D eigenvalue weighted by molar-refractivity contribution is 7.92. The average molecular weight is 526 g/mol. The first-order chi connectivity index (χ1) is 17.5. The second-order valence-electron chi connectivity index (χ2n) is 8.98. The molecule has 0 spiro atoms. The first kappa shape index (κ1) is 26.3. The first-order valence-electron chi connectivity index (χ1n) is 11.9. The van der Waals surface area contributed by atoms with Crippen molar-refractivity contribution in [3.05, 3.63) is 59.0 Å². The molecule has 11 nitrogen and oxygen atoms in total. The summed E-state index contributed by atoms with van der Waals surface area (Å²) >= 11 is 0. The van der Waals surface area contributed by atoms with E-state index >= 15 is 0 Å². The number of nitrogens with one attached hydrogen (secondary N) is 3. The molecular formula is C25H31N7O4S. The average Bonchev–Trinajstić information content (AvgIpc) is 3.67. The Bertz CT molecular complexity index is 1400. The lowest BCUT2D eigenvalue weighted by Crippen LogP contribution is -2.26. The summed E-state index contributed by atoms with van der Waals surface area (Å²) in [5.41, 5.74) is 6.65. The molecule has 0 unspecified atom stereocenters. The minimum atomic E-state index is -3.54. The topological polar surface area (TPSA) is 138 Å². The molecule has 3 aromatic rings. The zero-order valence-corrected chi connectivity index (χ0v) is 22.3. The SMILES string of the molecule is CCONC(=O)c1cnc(Nc2nc(C)cc(C)n2)cc1Nc1ccc(C2CC2)cc1N(C)S(C)(=O)=O. The Hall–Kier alpha value is -3.77. The summed E-state index contributed by atoms with van der Waals surface area (Å²) in [5, 5.41) is 6.32. The van der Waals surface area contributed by atoms with Crippen LogP contribution < -0.4 is 20.4 Å². The quantitative estimate of drug-likeness (QED) is 0.336. The van der Waals surface area contributed by atoms with E-state index in [2.05, 4.69) is 31.1 Å². The number of carbonyl (C=O) groups excluding carboxylic acids is 1. The number of nitrogens with zero attached hydrogens (tertiary/aromatic N) is 4. The highest BCUT2D eigenvalue weighted by Crippen LogP contribution is 2.43. The van der Waals surface area contributed by atoms with Crippen molar-refractivity contribution < 1.29 is 18.0 Å². The standard InChI is InChI=1S/C25H31N7O4S/c1-6-36-31-24(33)19-14-26-23(30-25-27-15(2)11-16(3)28-25)13-21(19)29-20-10-9-18(17-7-8-17)12-22(20)32(4)37(5,34)35/h9-14,17H,6-8H2,1-5H3,(H,31,33)(H2,26,27,28,29,30). The zero-order valence-electron chi connectivity index (χ0n) is 21.5. The monoisotopic (exact) mass is 525 g/mol. The van der Waals surface area contributed by atoms with Crippen LogP contribution in [0.25, 0.3) is 0 Å². The van der Waals surface area contributed by atoms with Gasteiger partial charge in [-0.3, -0.25) is 13.9 Å². The van der Waals surface area contributed by atoms with Crippen LogP contribution in [0.5, 0.6) is 0 Å². The van der Waals surface area contributed by atoms with Gasteiger partial charge in [-0.05, 0) is 63.3 Å². The molecule has 1 aliphatic rings. The number of pyridine rings is 1. The normalized spacial score (nSPS) is 13.2. The molecule has 1 fully saturated rings. The molecule has 37 heavy (non-hydrogen) atoms. The van der Waals surface area contributed by atoms with E-state index in [4.69, 9.17) is 4.84 Å². The third-order valence-corrected chi connectivity index (χ3v) is 7.05. The number of hydroxylamine groups is 1. The van der Waals surface area contributed by atoms with Crippen molar-refractivity contribution in [3.8, 4) is 0 Å². The summed E-state index contributed by atoms with van der Waals surface area (Å²) in [6.07, 6.45) is 4.72. The second-order valence-corrected chi connectivity index (χ2v) is 11.0. The Labute approximate surface area is 216 Å². The summed E-state index contributed by atoms with van der Waals surface area (Å²) in [6, 6.07) is 9.18. The lowest BCUT2D eigenvalue weighted by Gasteiger charge is -2.23. The first-order valence-corrected chi connectivity index (χ1v) is 13.8. The van der Waals surface area contributed by atoms with E-state index in [0.29, 0.717) is 34.7 Å². The Morgan fingerprint density at radius 3 is 2.41 bits per heavy atom. The van der Waals surface area contributed by atoms with Crippen LogP contribution in [0.3, 0.4) is 0 Å². The molecule has 1 aliphatic carbocycles. The van der Waals surface area contributed by atoms with E-state index in [9.17, 15) is 13.2 Å². The Morgan fingerprint density at radius 2 is 1.78 bits per heavy atom. The van der Waals surface area contributed by atoms with Gasteiger partial charge in [-0.15, -0.1) is 0 Å². The summed E-state index contributed by atoms with van der Waals surface area (Å²) < 4.78 is 26.1. The van der Waals surface area contributed by atoms with Crippen LogP contribution in [0.4, 0.5) is 28.8 Å². The minimum Gasteiger partial charge on any atom is -0.353 e. The lowest BCUT2D eigenvalue weighted by molar-refractivity contribution is 0.0365. The Kier molecular flexibility index (Phi) is 7.60. The number of hydrogen-bond acceptors (Lipinski definition) is 9. The maximum Gasteiger partial charge on any atom is 0.278 e. The number of hydrogen-bond donors (Lipinski definition) is 3. The minimum absolute atomic E-state index is 0.208. The zero-order chi connectivity index (χ0) is 26.7. The highest BCUT2D eigenvalue weighted by atomic mass is 32.2. The van der Waals surface area contributed by atoms with E-state index in [1.807, 2.05) is 38.1 Å². The third-order valence-electron chi connectivity index (χ3n) is 5.86. The van der Waals surface area contributed by atoms with Gasteiger partial charge in [0.05, 0.1) is 35.5 Å². The summed E-state index contributed by atoms with van der Waals surface area (Å²) in [4.78, 5) is 31.0. The number of aromatic nitrogens is 3. The van der Waals surface area contributed by atoms with Gasteiger partial charge in [-0.2, -0.15) is 0 Å². The molecule has 1 saturated carbocycles. The van der Waals surface area contributed by atoms with Crippen molar-refractivity contribution in [1.29, 1.82) is 0 Å². The molecule has 0 radical (unpaired) electrons. The molecule has 1 amide bonds. The predicted octanol–water partition coefficient (Wildman–Crippen LogP) is 3.93. The van der Waals surface area contributed by atoms with Crippen molar-refractivity contribution in [1.82, 2.24) is 20.4 Å². The van der Waals surface area contributed by atoms with Crippen molar-refractivity contribution in [2.45, 2.75) is 39.5 Å². The van der Waals surface area contributed by atoms with Gasteiger partial charge in [0.15, 0.2) is 0 Å². The van der Waals surface area contributed by atoms with Crippen molar-refractivity contribution in [3.63, 3.8) is 0 Å². The maximum absolute atomic E-state index is 12.8. The molecule has 12 heteroatoms. The van der Waals surface area contributed by atoms with E-state index in [-0.39, 0.29) is 12.2 Å². The number of aryl methyl sites for hydroxylation is 2. The fraction of sp³-hybridized carbons (Fsp3) is 0.360. The Morgan fingerprint density at radius 1 is 1.08 bits per heavy atom. The van der Waals surface area contributed by atoms with Crippen LogP contribution in [0.15, 0.2) is 36.5 Å². The van der Waals surface area contributed by atoms with Gasteiger partial charge in [0.1, 0.15) is 5.82 Å². The number of carbonyl (C=O) groups is 1. The van der Waals surface area contributed by atoms with Crippen LogP contribution in [0.2, 0.25) is 0 Å². The van der Waals surface area contributed by atoms with Crippen molar-refractivity contribution in [2.24, 2.45) is 0 Å². The smallest absolute Gasteiger partial charge is 0.278 e. The molecule has 2 aromatic heterocycles. The summed E-state index contributed by atoms with van der Waals surface area (Å²) in [5.74, 6) is 0.698. The maximum atomic E-state index is 12.8. The van der Waals surface area contributed by atoms with Crippen LogP contribution >= 0.6 is 0 Å². The van der Waals surface area contributed by atoms with Gasteiger partial charge in [-0.1, -0.05) is 6.07 Å². The van der Waals surface area contributed by atoms with Gasteiger partial charge < -0.3 is 10.6 Å². The van der Waals surface area contributed by atoms with Gasteiger partial charge >= 0.3 is 0 Å². The molecule has 0 bridgehead atoms. The van der Waals surface area contributed by atoms with E-state index in [0.717, 1.165) is 36.0 Å². The van der Waals surface area contributed by atoms with E-state index in [1.54, 1.807) is 13.0 Å². The molecule has 2 heterocycles. The summed E-state index contributed by atoms with van der Waals surface area (Å²) in [6.45, 7) is 5.78. The van der Waals surface area contributed by atoms with Crippen LogP contribution in [-0.2, 0) is 14.9 Å². The van der Waals surface area contributed by atoms with Crippen molar-refractivity contribution >= 4 is 44.8 Å². The number of amides is 1. The molecule has 4 rings (SSSR count). The van der Waals surface area contributed by atoms with Crippen LogP contribution in [0, 0.1) is 13.8 Å². The number of benzene rings is 1. The molecule has 3 N–H and O–H groups in total. The Balaban J connectivity index is 1.75. The van der Waals surface area contributed by atoms with Gasteiger partial charge in [0, 0.05) is 30.7 Å². The van der Waals surface area contributed by atoms with Crippen molar-refractivity contribution in [2.75, 3.05) is 34.8 Å². The fourth-order valence-corrected chi connectivity index (χ4v) is 4.31. The molecule has 0 saturated heterocycles. The highest BCUT2D eigenvalue weighted by Gasteiger charge is 2.26. The van der Waals surface area contributed by atoms with E-state index in [1.165, 1.54) is 17.5 Å². The predicted molar refractivity (Wildman–Crippen MR) is 143 cm³/mol. The largest absolute Gasteiger partial charge is 0.353 e. The lowest BCUT2D eigenvalue weighted by atomic mass is 10.1. The molecule has 0 atom stereocenters. The molecule has 0 aliphatic heterocycles. The molecular weight excluding hydrogens is 494 g/mol. The van der Waals surface area contributed by atoms with Gasteiger partial charge in [0.25, 0.3) is 5.91 Å². The van der Waals surface area contributed by atoms with Crippen LogP contribution in [0.1, 0.15) is 53.0 Å². The summed E-state index contributed by atoms with van der Waals surface area (Å²) in [7, 11) is -2.03. The molecule has 1 aromatic carbocycles. The second kappa shape index (κ2) is 10.7. The van der Waals surface area contributed by atoms with Crippen LogP contribution in [-0.4, -0.2) is 49.2 Å². The fourth-order valence-electron chi connectivity index (χ4n) is 3.81. The third kappa shape index (κ3) is 6.52.